The predicted molar refractivity (Wildman–Crippen MR) is 137 cm³/mol. The highest BCUT2D eigenvalue weighted by Gasteiger charge is 2.33. The molecule has 0 saturated carbocycles. The number of rotatable bonds is 7. The number of anilines is 1. The largest absolute Gasteiger partial charge is 0.496 e. The smallest absolute Gasteiger partial charge is 0.281 e. The fourth-order valence-corrected chi connectivity index (χ4v) is 4.06. The number of amides is 1. The van der Waals surface area contributed by atoms with E-state index in [9.17, 15) is 4.79 Å². The standard InChI is InChI=1S/C27H26N2O4S/c1-17-8-7-11-23(18(17)2)33-16-20-14-19(12-13-24(20)31-3)15-21-26(30)29(27(34)28-21)22-9-5-6-10-25(22)32-4/h5-15H,16H2,1-4H3,(H,28,34)/b21-15+. The van der Waals surface area contributed by atoms with E-state index >= 15 is 0 Å². The van der Waals surface area contributed by atoms with Gasteiger partial charge in [0.25, 0.3) is 5.91 Å². The van der Waals surface area contributed by atoms with Gasteiger partial charge in [-0.3, -0.25) is 4.79 Å². The van der Waals surface area contributed by atoms with Gasteiger partial charge in [0, 0.05) is 5.56 Å². The molecule has 1 amide bonds. The highest BCUT2D eigenvalue weighted by Crippen LogP contribution is 2.32. The molecule has 6 nitrogen and oxygen atoms in total. The zero-order valence-corrected chi connectivity index (χ0v) is 20.4. The molecular formula is C27H26N2O4S. The number of aryl methyl sites for hydroxylation is 1. The summed E-state index contributed by atoms with van der Waals surface area (Å²) in [6.45, 7) is 4.42. The molecule has 34 heavy (non-hydrogen) atoms. The van der Waals surface area contributed by atoms with Crippen molar-refractivity contribution in [3.8, 4) is 17.2 Å². The first-order valence-corrected chi connectivity index (χ1v) is 11.2. The number of hydrogen-bond acceptors (Lipinski definition) is 5. The minimum Gasteiger partial charge on any atom is -0.496 e. The molecule has 7 heteroatoms. The van der Waals surface area contributed by atoms with Crippen molar-refractivity contribution < 1.29 is 19.0 Å². The van der Waals surface area contributed by atoms with Crippen LogP contribution in [0.2, 0.25) is 0 Å². The third-order valence-corrected chi connectivity index (χ3v) is 6.04. The maximum atomic E-state index is 13.2. The minimum atomic E-state index is -0.251. The number of carbonyl (C=O) groups is 1. The van der Waals surface area contributed by atoms with Crippen LogP contribution in [-0.4, -0.2) is 25.2 Å². The van der Waals surface area contributed by atoms with Crippen molar-refractivity contribution in [2.45, 2.75) is 20.5 Å². The first kappa shape index (κ1) is 23.3. The Morgan fingerprint density at radius 3 is 2.44 bits per heavy atom. The Balaban J connectivity index is 1.60. The lowest BCUT2D eigenvalue weighted by Gasteiger charge is -2.17. The molecule has 1 N–H and O–H groups in total. The summed E-state index contributed by atoms with van der Waals surface area (Å²) < 4.78 is 17.0. The molecule has 0 aromatic heterocycles. The van der Waals surface area contributed by atoms with E-state index in [1.165, 1.54) is 10.5 Å². The van der Waals surface area contributed by atoms with Gasteiger partial charge in [-0.1, -0.05) is 30.3 Å². The summed E-state index contributed by atoms with van der Waals surface area (Å²) in [5, 5.41) is 3.32. The highest BCUT2D eigenvalue weighted by atomic mass is 32.1. The Kier molecular flexibility index (Phi) is 6.84. The van der Waals surface area contributed by atoms with Crippen LogP contribution in [0.25, 0.3) is 6.08 Å². The Morgan fingerprint density at radius 2 is 1.68 bits per heavy atom. The van der Waals surface area contributed by atoms with Crippen molar-refractivity contribution in [3.63, 3.8) is 0 Å². The Labute approximate surface area is 204 Å². The fraction of sp³-hybridized carbons (Fsp3) is 0.185. The van der Waals surface area contributed by atoms with Crippen molar-refractivity contribution in [1.82, 2.24) is 5.32 Å². The second kappa shape index (κ2) is 9.97. The molecule has 0 unspecified atom stereocenters. The van der Waals surface area contributed by atoms with Crippen molar-refractivity contribution >= 4 is 35.0 Å². The average Bonchev–Trinajstić information content (AvgIpc) is 3.12. The van der Waals surface area contributed by atoms with Crippen LogP contribution >= 0.6 is 12.2 Å². The predicted octanol–water partition coefficient (Wildman–Crippen LogP) is 5.16. The van der Waals surface area contributed by atoms with Gasteiger partial charge >= 0.3 is 0 Å². The highest BCUT2D eigenvalue weighted by molar-refractivity contribution is 7.80. The molecule has 4 rings (SSSR count). The molecule has 1 saturated heterocycles. The number of thiocarbonyl (C=S) groups is 1. The van der Waals surface area contributed by atoms with E-state index in [1.807, 2.05) is 49.4 Å². The minimum absolute atomic E-state index is 0.251. The zero-order valence-electron chi connectivity index (χ0n) is 19.5. The number of carbonyl (C=O) groups excluding carboxylic acids is 1. The fourth-order valence-electron chi connectivity index (χ4n) is 3.77. The van der Waals surface area contributed by atoms with Crippen LogP contribution in [0.1, 0.15) is 22.3 Å². The monoisotopic (exact) mass is 474 g/mol. The Bertz CT molecular complexity index is 1290. The summed E-state index contributed by atoms with van der Waals surface area (Å²) in [4.78, 5) is 14.6. The maximum absolute atomic E-state index is 13.2. The molecule has 0 bridgehead atoms. The normalized spacial score (nSPS) is 14.4. The number of benzene rings is 3. The van der Waals surface area contributed by atoms with E-state index in [4.69, 9.17) is 26.4 Å². The molecule has 3 aromatic carbocycles. The second-order valence-corrected chi connectivity index (χ2v) is 8.25. The van der Waals surface area contributed by atoms with E-state index in [0.717, 1.165) is 22.4 Å². The third kappa shape index (κ3) is 4.61. The number of para-hydroxylation sites is 2. The summed E-state index contributed by atoms with van der Waals surface area (Å²) >= 11 is 5.44. The number of hydrogen-bond donors (Lipinski definition) is 1. The number of methoxy groups -OCH3 is 2. The second-order valence-electron chi connectivity index (χ2n) is 7.86. The lowest BCUT2D eigenvalue weighted by Crippen LogP contribution is -2.30. The molecule has 1 fully saturated rings. The SMILES string of the molecule is COc1ccc(/C=C2/NC(=S)N(c3ccccc3OC)C2=O)cc1COc1cccc(C)c1C. The van der Waals surface area contributed by atoms with Gasteiger partial charge in [0.15, 0.2) is 5.11 Å². The summed E-state index contributed by atoms with van der Waals surface area (Å²) in [7, 11) is 3.19. The van der Waals surface area contributed by atoms with Gasteiger partial charge in [-0.2, -0.15) is 0 Å². The maximum Gasteiger partial charge on any atom is 0.281 e. The van der Waals surface area contributed by atoms with Crippen molar-refractivity contribution in [3.05, 3.63) is 88.6 Å². The summed E-state index contributed by atoms with van der Waals surface area (Å²) in [5.74, 6) is 1.86. The lowest BCUT2D eigenvalue weighted by atomic mass is 10.1. The summed E-state index contributed by atoms with van der Waals surface area (Å²) in [6.07, 6.45) is 1.77. The van der Waals surface area contributed by atoms with E-state index in [0.29, 0.717) is 34.6 Å². The van der Waals surface area contributed by atoms with E-state index in [2.05, 4.69) is 18.3 Å². The molecular weight excluding hydrogens is 448 g/mol. The van der Waals surface area contributed by atoms with Crippen LogP contribution in [0, 0.1) is 13.8 Å². The van der Waals surface area contributed by atoms with Gasteiger partial charge in [0.2, 0.25) is 0 Å². The average molecular weight is 475 g/mol. The molecule has 174 valence electrons. The molecule has 0 spiro atoms. The molecule has 1 aliphatic rings. The quantitative estimate of drug-likeness (QED) is 0.377. The van der Waals surface area contributed by atoms with Crippen LogP contribution in [0.5, 0.6) is 17.2 Å². The molecule has 1 heterocycles. The third-order valence-electron chi connectivity index (χ3n) is 5.76. The zero-order chi connectivity index (χ0) is 24.2. The molecule has 0 radical (unpaired) electrons. The van der Waals surface area contributed by atoms with Gasteiger partial charge < -0.3 is 19.5 Å². The van der Waals surface area contributed by atoms with Crippen LogP contribution < -0.4 is 24.4 Å². The van der Waals surface area contributed by atoms with Gasteiger partial charge in [-0.15, -0.1) is 0 Å². The molecule has 0 atom stereocenters. The summed E-state index contributed by atoms with van der Waals surface area (Å²) in [5.41, 5.74) is 4.93. The number of ether oxygens (including phenoxy) is 3. The summed E-state index contributed by atoms with van der Waals surface area (Å²) in [6, 6.07) is 18.9. The van der Waals surface area contributed by atoms with Crippen LogP contribution in [0.4, 0.5) is 5.69 Å². The van der Waals surface area contributed by atoms with Crippen LogP contribution in [0.3, 0.4) is 0 Å². The van der Waals surface area contributed by atoms with E-state index in [-0.39, 0.29) is 5.91 Å². The first-order chi connectivity index (χ1) is 16.4. The topological polar surface area (TPSA) is 60.0 Å². The Hall–Kier alpha value is -3.84. The first-order valence-electron chi connectivity index (χ1n) is 10.8. The molecule has 0 aliphatic carbocycles. The van der Waals surface area contributed by atoms with E-state index < -0.39 is 0 Å². The van der Waals surface area contributed by atoms with E-state index in [1.54, 1.807) is 32.4 Å². The number of nitrogens with one attached hydrogen (secondary N) is 1. The molecule has 1 aliphatic heterocycles. The lowest BCUT2D eigenvalue weighted by molar-refractivity contribution is -0.113. The van der Waals surface area contributed by atoms with Crippen molar-refractivity contribution in [1.29, 1.82) is 0 Å². The van der Waals surface area contributed by atoms with Crippen molar-refractivity contribution in [2.24, 2.45) is 0 Å². The van der Waals surface area contributed by atoms with Crippen LogP contribution in [-0.2, 0) is 11.4 Å². The van der Waals surface area contributed by atoms with Crippen LogP contribution in [0.15, 0.2) is 66.4 Å². The number of nitrogens with zero attached hydrogens (tertiary/aromatic N) is 1. The van der Waals surface area contributed by atoms with Gasteiger partial charge in [0.1, 0.15) is 29.6 Å². The Morgan fingerprint density at radius 1 is 0.941 bits per heavy atom. The van der Waals surface area contributed by atoms with Gasteiger partial charge in [0.05, 0.1) is 19.9 Å². The van der Waals surface area contributed by atoms with Crippen molar-refractivity contribution in [2.75, 3.05) is 19.1 Å². The van der Waals surface area contributed by atoms with Gasteiger partial charge in [-0.05, 0) is 79.2 Å². The molecule has 3 aromatic rings. The van der Waals surface area contributed by atoms with Gasteiger partial charge in [-0.25, -0.2) is 4.90 Å².